The molecule has 18 heavy (non-hydrogen) atoms. The maximum Gasteiger partial charge on any atom is 0.333 e. The van der Waals surface area contributed by atoms with Crippen molar-refractivity contribution in [2.75, 3.05) is 0 Å². The molecule has 96 valence electrons. The molecule has 0 heterocycles. The Balaban J connectivity index is 2.41. The van der Waals surface area contributed by atoms with Gasteiger partial charge in [0.1, 0.15) is 5.60 Å². The number of hydrogen-bond donors (Lipinski definition) is 0. The minimum absolute atomic E-state index is 0.286. The smallest absolute Gasteiger partial charge is 0.333 e. The van der Waals surface area contributed by atoms with Crippen LogP contribution < -0.4 is 0 Å². The summed E-state index contributed by atoms with van der Waals surface area (Å²) in [7, 11) is 0. The zero-order valence-electron chi connectivity index (χ0n) is 11.4. The first-order chi connectivity index (χ1) is 8.50. The van der Waals surface area contributed by atoms with Gasteiger partial charge in [-0.3, -0.25) is 0 Å². The van der Waals surface area contributed by atoms with Gasteiger partial charge in [-0.05, 0) is 49.8 Å². The van der Waals surface area contributed by atoms with E-state index in [0.717, 1.165) is 19.3 Å². The molecule has 0 amide bonds. The van der Waals surface area contributed by atoms with Gasteiger partial charge in [0.25, 0.3) is 0 Å². The first-order valence-corrected chi connectivity index (χ1v) is 6.48. The Kier molecular flexibility index (Phi) is 3.29. The van der Waals surface area contributed by atoms with Gasteiger partial charge in [0.05, 0.1) is 0 Å². The molecule has 2 nitrogen and oxygen atoms in total. The third-order valence-corrected chi connectivity index (χ3v) is 3.89. The number of esters is 1. The highest BCUT2D eigenvalue weighted by atomic mass is 16.6. The molecule has 1 aromatic carbocycles. The number of ether oxygens (including phenoxy) is 1. The van der Waals surface area contributed by atoms with Gasteiger partial charge in [-0.1, -0.05) is 31.7 Å². The van der Waals surface area contributed by atoms with Crippen molar-refractivity contribution in [2.45, 2.75) is 45.6 Å². The van der Waals surface area contributed by atoms with Crippen LogP contribution in [0.4, 0.5) is 0 Å². The number of hydrogen-bond acceptors (Lipinski definition) is 2. The molecule has 2 heteroatoms. The summed E-state index contributed by atoms with van der Waals surface area (Å²) in [6.45, 7) is 9.54. The zero-order chi connectivity index (χ0) is 13.3. The average molecular weight is 244 g/mol. The second kappa shape index (κ2) is 4.60. The van der Waals surface area contributed by atoms with E-state index in [-0.39, 0.29) is 5.97 Å². The lowest BCUT2D eigenvalue weighted by molar-refractivity contribution is -0.156. The summed E-state index contributed by atoms with van der Waals surface area (Å²) in [5.41, 5.74) is 3.82. The molecule has 1 unspecified atom stereocenters. The van der Waals surface area contributed by atoms with E-state index in [9.17, 15) is 4.79 Å². The van der Waals surface area contributed by atoms with Crippen molar-refractivity contribution in [3.05, 3.63) is 47.0 Å². The van der Waals surface area contributed by atoms with Gasteiger partial charge in [0.15, 0.2) is 0 Å². The molecule has 1 atom stereocenters. The van der Waals surface area contributed by atoms with Gasteiger partial charge in [-0.2, -0.15) is 0 Å². The molecule has 0 saturated heterocycles. The third kappa shape index (κ3) is 1.96. The maximum atomic E-state index is 11.8. The summed E-state index contributed by atoms with van der Waals surface area (Å²) < 4.78 is 5.75. The predicted molar refractivity (Wildman–Crippen MR) is 72.4 cm³/mol. The number of carbonyl (C=O) groups is 1. The monoisotopic (exact) mass is 244 g/mol. The second-order valence-electron chi connectivity index (χ2n) is 5.12. The van der Waals surface area contributed by atoms with Crippen molar-refractivity contribution in [1.29, 1.82) is 0 Å². The van der Waals surface area contributed by atoms with Gasteiger partial charge < -0.3 is 4.74 Å². The SMILES string of the molecule is C=C(C)C(=O)OC1(CC)CCc2c(C)cccc21. The molecule has 0 N–H and O–H groups in total. The average Bonchev–Trinajstić information content (AvgIpc) is 2.70. The minimum Gasteiger partial charge on any atom is -0.451 e. The van der Waals surface area contributed by atoms with Crippen LogP contribution in [0.3, 0.4) is 0 Å². The molecule has 2 rings (SSSR count). The Labute approximate surface area is 109 Å². The van der Waals surface area contributed by atoms with Crippen molar-refractivity contribution >= 4 is 5.97 Å². The molecule has 1 aromatic rings. The molecule has 1 aliphatic carbocycles. The van der Waals surface area contributed by atoms with Crippen LogP contribution in [-0.4, -0.2) is 5.97 Å². The van der Waals surface area contributed by atoms with E-state index in [4.69, 9.17) is 4.74 Å². The van der Waals surface area contributed by atoms with Crippen LogP contribution in [-0.2, 0) is 21.6 Å². The summed E-state index contributed by atoms with van der Waals surface area (Å²) in [5.74, 6) is -0.286. The topological polar surface area (TPSA) is 26.3 Å². The molecule has 1 aliphatic rings. The Bertz CT molecular complexity index is 502. The van der Waals surface area contributed by atoms with Crippen LogP contribution in [0.2, 0.25) is 0 Å². The second-order valence-corrected chi connectivity index (χ2v) is 5.12. The Morgan fingerprint density at radius 3 is 2.83 bits per heavy atom. The lowest BCUT2D eigenvalue weighted by Gasteiger charge is -2.29. The number of fused-ring (bicyclic) bond motifs is 1. The Morgan fingerprint density at radius 2 is 2.22 bits per heavy atom. The van der Waals surface area contributed by atoms with E-state index in [2.05, 4.69) is 32.6 Å². The van der Waals surface area contributed by atoms with Crippen molar-refractivity contribution < 1.29 is 9.53 Å². The van der Waals surface area contributed by atoms with Crippen molar-refractivity contribution in [2.24, 2.45) is 0 Å². The molecule has 0 radical (unpaired) electrons. The van der Waals surface area contributed by atoms with Crippen molar-refractivity contribution in [3.63, 3.8) is 0 Å². The Hall–Kier alpha value is -1.57. The summed E-state index contributed by atoms with van der Waals surface area (Å²) in [6, 6.07) is 6.24. The van der Waals surface area contributed by atoms with Crippen molar-refractivity contribution in [3.8, 4) is 0 Å². The summed E-state index contributed by atoms with van der Waals surface area (Å²) >= 11 is 0. The van der Waals surface area contributed by atoms with Gasteiger partial charge in [0, 0.05) is 5.57 Å². The first-order valence-electron chi connectivity index (χ1n) is 6.48. The highest BCUT2D eigenvalue weighted by Gasteiger charge is 2.41. The zero-order valence-corrected chi connectivity index (χ0v) is 11.4. The van der Waals surface area contributed by atoms with Crippen molar-refractivity contribution in [1.82, 2.24) is 0 Å². The van der Waals surface area contributed by atoms with Gasteiger partial charge in [-0.25, -0.2) is 4.79 Å². The minimum atomic E-state index is -0.447. The molecule has 0 fully saturated rings. The molecular weight excluding hydrogens is 224 g/mol. The van der Waals surface area contributed by atoms with E-state index in [1.54, 1.807) is 6.92 Å². The van der Waals surface area contributed by atoms with Gasteiger partial charge in [-0.15, -0.1) is 0 Å². The first kappa shape index (κ1) is 12.9. The van der Waals surface area contributed by atoms with Crippen LogP contribution >= 0.6 is 0 Å². The van der Waals surface area contributed by atoms with Crippen LogP contribution in [0.5, 0.6) is 0 Å². The van der Waals surface area contributed by atoms with E-state index in [1.165, 1.54) is 16.7 Å². The fourth-order valence-electron chi connectivity index (χ4n) is 2.73. The van der Waals surface area contributed by atoms with Crippen LogP contribution in [0.1, 0.15) is 43.4 Å². The largest absolute Gasteiger partial charge is 0.451 e. The van der Waals surface area contributed by atoms with E-state index >= 15 is 0 Å². The van der Waals surface area contributed by atoms with E-state index < -0.39 is 5.60 Å². The molecule has 0 spiro atoms. The highest BCUT2D eigenvalue weighted by Crippen LogP contribution is 2.43. The van der Waals surface area contributed by atoms with E-state index in [1.807, 2.05) is 6.07 Å². The van der Waals surface area contributed by atoms with E-state index in [0.29, 0.717) is 5.57 Å². The van der Waals surface area contributed by atoms with Crippen LogP contribution in [0.25, 0.3) is 0 Å². The lowest BCUT2D eigenvalue weighted by Crippen LogP contribution is -2.29. The fourth-order valence-corrected chi connectivity index (χ4v) is 2.73. The normalized spacial score (nSPS) is 21.5. The quantitative estimate of drug-likeness (QED) is 0.599. The predicted octanol–water partition coefficient (Wildman–Crippen LogP) is 3.67. The standard InChI is InChI=1S/C16H20O2/c1-5-16(18-15(17)11(2)3)10-9-13-12(4)7-6-8-14(13)16/h6-8H,2,5,9-10H2,1,3-4H3. The molecule has 0 aromatic heterocycles. The van der Waals surface area contributed by atoms with Gasteiger partial charge >= 0.3 is 5.97 Å². The summed E-state index contributed by atoms with van der Waals surface area (Å²) in [4.78, 5) is 11.8. The Morgan fingerprint density at radius 1 is 1.50 bits per heavy atom. The molecule has 0 aliphatic heterocycles. The molecule has 0 bridgehead atoms. The fraction of sp³-hybridized carbons (Fsp3) is 0.438. The van der Waals surface area contributed by atoms with Crippen LogP contribution in [0.15, 0.2) is 30.4 Å². The highest BCUT2D eigenvalue weighted by molar-refractivity contribution is 5.87. The lowest BCUT2D eigenvalue weighted by atomic mass is 9.92. The number of carbonyl (C=O) groups excluding carboxylic acids is 1. The number of rotatable bonds is 3. The summed E-state index contributed by atoms with van der Waals surface area (Å²) in [6.07, 6.45) is 2.67. The number of aryl methyl sites for hydroxylation is 1. The number of benzene rings is 1. The third-order valence-electron chi connectivity index (χ3n) is 3.89. The molecular formula is C16H20O2. The summed E-state index contributed by atoms with van der Waals surface area (Å²) in [5, 5.41) is 0. The van der Waals surface area contributed by atoms with Gasteiger partial charge in [0.2, 0.25) is 0 Å². The van der Waals surface area contributed by atoms with Crippen LogP contribution in [0, 0.1) is 6.92 Å². The maximum absolute atomic E-state index is 11.8. The molecule has 0 saturated carbocycles.